The van der Waals surface area contributed by atoms with Crippen molar-refractivity contribution in [3.8, 4) is 11.3 Å². The van der Waals surface area contributed by atoms with Crippen molar-refractivity contribution in [3.05, 3.63) is 47.9 Å². The van der Waals surface area contributed by atoms with Gasteiger partial charge in [0.1, 0.15) is 0 Å². The van der Waals surface area contributed by atoms with Crippen LogP contribution < -0.4 is 0 Å². The van der Waals surface area contributed by atoms with Crippen LogP contribution in [0.3, 0.4) is 0 Å². The first kappa shape index (κ1) is 12.4. The summed E-state index contributed by atoms with van der Waals surface area (Å²) in [5.41, 5.74) is 4.19. The van der Waals surface area contributed by atoms with Crippen LogP contribution in [0.25, 0.3) is 11.3 Å². The highest BCUT2D eigenvalue weighted by Crippen LogP contribution is 2.16. The number of hydrogen-bond acceptors (Lipinski definition) is 2. The van der Waals surface area contributed by atoms with Gasteiger partial charge in [0.2, 0.25) is 0 Å². The molecule has 2 nitrogen and oxygen atoms in total. The van der Waals surface area contributed by atoms with E-state index in [2.05, 4.69) is 9.97 Å². The van der Waals surface area contributed by atoms with Crippen molar-refractivity contribution < 1.29 is 0 Å². The van der Waals surface area contributed by atoms with Crippen molar-refractivity contribution in [2.24, 2.45) is 0 Å². The van der Waals surface area contributed by atoms with Gasteiger partial charge in [-0.3, -0.25) is 9.97 Å². The minimum absolute atomic E-state index is 1.01. The SMILES string of the molecule is CC.Cc1cc(-c2cccc(C)n2)ccn1. The summed E-state index contributed by atoms with van der Waals surface area (Å²) < 4.78 is 0. The van der Waals surface area contributed by atoms with E-state index in [-0.39, 0.29) is 0 Å². The van der Waals surface area contributed by atoms with Crippen molar-refractivity contribution in [3.63, 3.8) is 0 Å². The average molecular weight is 214 g/mol. The van der Waals surface area contributed by atoms with Gasteiger partial charge in [0.05, 0.1) is 5.69 Å². The molecule has 0 unspecified atom stereocenters. The van der Waals surface area contributed by atoms with Gasteiger partial charge in [-0.05, 0) is 38.1 Å². The predicted octanol–water partition coefficient (Wildman–Crippen LogP) is 3.79. The molecule has 16 heavy (non-hydrogen) atoms. The summed E-state index contributed by atoms with van der Waals surface area (Å²) in [4.78, 5) is 8.62. The van der Waals surface area contributed by atoms with Crippen molar-refractivity contribution in [2.75, 3.05) is 0 Å². The Bertz CT molecular complexity index is 406. The fourth-order valence-electron chi connectivity index (χ4n) is 1.41. The van der Waals surface area contributed by atoms with Crippen LogP contribution in [0.5, 0.6) is 0 Å². The number of aromatic nitrogens is 2. The minimum Gasteiger partial charge on any atom is -0.262 e. The molecule has 0 aliphatic carbocycles. The summed E-state index contributed by atoms with van der Waals surface area (Å²) in [6.45, 7) is 7.98. The molecular weight excluding hydrogens is 196 g/mol. The van der Waals surface area contributed by atoms with Crippen LogP contribution in [0.15, 0.2) is 36.5 Å². The summed E-state index contributed by atoms with van der Waals surface area (Å²) in [6.07, 6.45) is 1.81. The molecule has 2 heterocycles. The van der Waals surface area contributed by atoms with Crippen LogP contribution in [0, 0.1) is 13.8 Å². The van der Waals surface area contributed by atoms with E-state index in [4.69, 9.17) is 0 Å². The Balaban J connectivity index is 0.000000606. The van der Waals surface area contributed by atoms with Gasteiger partial charge in [-0.2, -0.15) is 0 Å². The smallest absolute Gasteiger partial charge is 0.0706 e. The third-order valence-electron chi connectivity index (χ3n) is 2.08. The molecule has 0 saturated carbocycles. The van der Waals surface area contributed by atoms with Gasteiger partial charge in [0, 0.05) is 23.1 Å². The second-order valence-electron chi connectivity index (χ2n) is 3.35. The Hall–Kier alpha value is -1.70. The van der Waals surface area contributed by atoms with Crippen molar-refractivity contribution in [1.29, 1.82) is 0 Å². The number of nitrogens with zero attached hydrogens (tertiary/aromatic N) is 2. The summed E-state index contributed by atoms with van der Waals surface area (Å²) >= 11 is 0. The van der Waals surface area contributed by atoms with Crippen molar-refractivity contribution >= 4 is 0 Å². The van der Waals surface area contributed by atoms with Gasteiger partial charge < -0.3 is 0 Å². The van der Waals surface area contributed by atoms with E-state index in [9.17, 15) is 0 Å². The van der Waals surface area contributed by atoms with Gasteiger partial charge in [-0.15, -0.1) is 0 Å². The largest absolute Gasteiger partial charge is 0.262 e. The summed E-state index contributed by atoms with van der Waals surface area (Å²) in [5, 5.41) is 0. The highest BCUT2D eigenvalue weighted by molar-refractivity contribution is 5.58. The minimum atomic E-state index is 1.01. The van der Waals surface area contributed by atoms with Gasteiger partial charge in [-0.25, -0.2) is 0 Å². The van der Waals surface area contributed by atoms with Gasteiger partial charge in [0.15, 0.2) is 0 Å². The Labute approximate surface area is 97.4 Å². The number of pyridine rings is 2. The van der Waals surface area contributed by atoms with Crippen molar-refractivity contribution in [1.82, 2.24) is 9.97 Å². The maximum Gasteiger partial charge on any atom is 0.0706 e. The highest BCUT2D eigenvalue weighted by atomic mass is 14.7. The van der Waals surface area contributed by atoms with Crippen LogP contribution >= 0.6 is 0 Å². The molecule has 0 aliphatic heterocycles. The monoisotopic (exact) mass is 214 g/mol. The first-order valence-electron chi connectivity index (χ1n) is 5.62. The van der Waals surface area contributed by atoms with Gasteiger partial charge >= 0.3 is 0 Å². The third-order valence-corrected chi connectivity index (χ3v) is 2.08. The van der Waals surface area contributed by atoms with Crippen LogP contribution in [0.1, 0.15) is 25.2 Å². The molecule has 2 aromatic heterocycles. The highest BCUT2D eigenvalue weighted by Gasteiger charge is 1.98. The van der Waals surface area contributed by atoms with E-state index in [0.717, 1.165) is 22.6 Å². The first-order chi connectivity index (χ1) is 7.75. The lowest BCUT2D eigenvalue weighted by molar-refractivity contribution is 1.17. The van der Waals surface area contributed by atoms with E-state index in [0.29, 0.717) is 0 Å². The van der Waals surface area contributed by atoms with E-state index >= 15 is 0 Å². The molecule has 0 spiro atoms. The third kappa shape index (κ3) is 3.16. The molecule has 0 N–H and O–H groups in total. The molecule has 0 radical (unpaired) electrons. The molecule has 0 aromatic carbocycles. The Morgan fingerprint density at radius 1 is 0.938 bits per heavy atom. The van der Waals surface area contributed by atoms with E-state index in [1.807, 2.05) is 64.2 Å². The van der Waals surface area contributed by atoms with Crippen LogP contribution in [0.2, 0.25) is 0 Å². The van der Waals surface area contributed by atoms with E-state index < -0.39 is 0 Å². The fourth-order valence-corrected chi connectivity index (χ4v) is 1.41. The maximum absolute atomic E-state index is 4.46. The average Bonchev–Trinajstić information content (AvgIpc) is 2.32. The molecule has 84 valence electrons. The van der Waals surface area contributed by atoms with Crippen LogP contribution in [-0.2, 0) is 0 Å². The lowest BCUT2D eigenvalue weighted by Gasteiger charge is -2.02. The van der Waals surface area contributed by atoms with E-state index in [1.54, 1.807) is 0 Å². The van der Waals surface area contributed by atoms with Crippen LogP contribution in [-0.4, -0.2) is 9.97 Å². The van der Waals surface area contributed by atoms with Crippen molar-refractivity contribution in [2.45, 2.75) is 27.7 Å². The maximum atomic E-state index is 4.46. The molecule has 0 bridgehead atoms. The Morgan fingerprint density at radius 2 is 1.69 bits per heavy atom. The van der Waals surface area contributed by atoms with Gasteiger partial charge in [-0.1, -0.05) is 19.9 Å². The quantitative estimate of drug-likeness (QED) is 0.721. The zero-order chi connectivity index (χ0) is 12.0. The Kier molecular flexibility index (Phi) is 4.65. The second-order valence-corrected chi connectivity index (χ2v) is 3.35. The molecule has 0 amide bonds. The Morgan fingerprint density at radius 3 is 2.31 bits per heavy atom. The zero-order valence-electron chi connectivity index (χ0n) is 10.4. The molecule has 0 fully saturated rings. The second kappa shape index (κ2) is 6.01. The number of hydrogen-bond donors (Lipinski definition) is 0. The normalized spacial score (nSPS) is 9.25. The molecule has 0 aliphatic rings. The summed E-state index contributed by atoms with van der Waals surface area (Å²) in [5.74, 6) is 0. The lowest BCUT2D eigenvalue weighted by atomic mass is 10.1. The predicted molar refractivity (Wildman–Crippen MR) is 68.3 cm³/mol. The molecular formula is C14H18N2. The molecule has 2 heteroatoms. The molecule has 0 saturated heterocycles. The summed E-state index contributed by atoms with van der Waals surface area (Å²) in [6, 6.07) is 10.1. The topological polar surface area (TPSA) is 25.8 Å². The molecule has 0 atom stereocenters. The zero-order valence-corrected chi connectivity index (χ0v) is 10.4. The standard InChI is InChI=1S/C12H12N2.C2H6/c1-9-4-3-5-12(14-9)11-6-7-13-10(2)8-11;1-2/h3-8H,1-2H3;1-2H3. The number of rotatable bonds is 1. The summed E-state index contributed by atoms with van der Waals surface area (Å²) in [7, 11) is 0. The van der Waals surface area contributed by atoms with E-state index in [1.165, 1.54) is 0 Å². The first-order valence-corrected chi connectivity index (χ1v) is 5.62. The van der Waals surface area contributed by atoms with Gasteiger partial charge in [0.25, 0.3) is 0 Å². The molecule has 2 aromatic rings. The van der Waals surface area contributed by atoms with Crippen LogP contribution in [0.4, 0.5) is 0 Å². The molecule has 2 rings (SSSR count). The lowest BCUT2D eigenvalue weighted by Crippen LogP contribution is -1.87. The fraction of sp³-hybridized carbons (Fsp3) is 0.286. The number of aryl methyl sites for hydroxylation is 2.